The molecule has 0 spiro atoms. The minimum Gasteiger partial charge on any atom is -0.455 e. The van der Waals surface area contributed by atoms with Crippen LogP contribution in [0.3, 0.4) is 0 Å². The van der Waals surface area contributed by atoms with Gasteiger partial charge in [0.25, 0.3) is 5.91 Å². The summed E-state index contributed by atoms with van der Waals surface area (Å²) in [6.45, 7) is 1.56. The van der Waals surface area contributed by atoms with E-state index in [1.54, 1.807) is 18.2 Å². The molecule has 0 bridgehead atoms. The van der Waals surface area contributed by atoms with Gasteiger partial charge in [-0.3, -0.25) is 9.59 Å². The van der Waals surface area contributed by atoms with Crippen LogP contribution in [0.15, 0.2) is 18.2 Å². The molecule has 23 heavy (non-hydrogen) atoms. The molecule has 1 aromatic rings. The van der Waals surface area contributed by atoms with Gasteiger partial charge in [-0.05, 0) is 37.5 Å². The topological polar surface area (TPSA) is 55.4 Å². The summed E-state index contributed by atoms with van der Waals surface area (Å²) in [5, 5.41) is 3.80. The first kappa shape index (κ1) is 18.1. The number of rotatable bonds is 5. The maximum absolute atomic E-state index is 11.9. The number of esters is 1. The largest absolute Gasteiger partial charge is 0.455 e. The van der Waals surface area contributed by atoms with Gasteiger partial charge < -0.3 is 10.1 Å². The average Bonchev–Trinajstić information content (AvgIpc) is 2.53. The zero-order chi connectivity index (χ0) is 16.8. The van der Waals surface area contributed by atoms with Gasteiger partial charge in [0.15, 0.2) is 6.61 Å². The Kier molecular flexibility index (Phi) is 6.72. The van der Waals surface area contributed by atoms with E-state index in [9.17, 15) is 9.59 Å². The molecule has 1 aliphatic rings. The SMILES string of the molecule is CC(NC(=O)COC(=O)C1CCCCC1)c1ccc(Cl)cc1Cl. The molecule has 0 aromatic heterocycles. The summed E-state index contributed by atoms with van der Waals surface area (Å²) in [7, 11) is 0. The fourth-order valence-corrected chi connectivity index (χ4v) is 3.38. The molecule has 126 valence electrons. The zero-order valence-corrected chi connectivity index (χ0v) is 14.6. The lowest BCUT2D eigenvalue weighted by Crippen LogP contribution is -2.32. The summed E-state index contributed by atoms with van der Waals surface area (Å²) in [6, 6.07) is 4.82. The Morgan fingerprint density at radius 3 is 2.61 bits per heavy atom. The van der Waals surface area contributed by atoms with Crippen molar-refractivity contribution in [3.63, 3.8) is 0 Å². The molecule has 1 N–H and O–H groups in total. The fourth-order valence-electron chi connectivity index (χ4n) is 2.81. The highest BCUT2D eigenvalue weighted by Crippen LogP contribution is 2.26. The van der Waals surface area contributed by atoms with Crippen LogP contribution >= 0.6 is 23.2 Å². The quantitative estimate of drug-likeness (QED) is 0.799. The van der Waals surface area contributed by atoms with Crippen molar-refractivity contribution >= 4 is 35.1 Å². The molecule has 1 unspecified atom stereocenters. The Balaban J connectivity index is 1.80. The van der Waals surface area contributed by atoms with Crippen LogP contribution in [0.4, 0.5) is 0 Å². The number of halogens is 2. The highest BCUT2D eigenvalue weighted by Gasteiger charge is 2.23. The van der Waals surface area contributed by atoms with Crippen molar-refractivity contribution < 1.29 is 14.3 Å². The lowest BCUT2D eigenvalue weighted by molar-refractivity contribution is -0.153. The number of carbonyl (C=O) groups excluding carboxylic acids is 2. The Morgan fingerprint density at radius 1 is 1.26 bits per heavy atom. The minimum atomic E-state index is -0.340. The summed E-state index contributed by atoms with van der Waals surface area (Å²) in [6.07, 6.45) is 4.99. The van der Waals surface area contributed by atoms with Crippen LogP contribution in [0.5, 0.6) is 0 Å². The van der Waals surface area contributed by atoms with Crippen LogP contribution < -0.4 is 5.32 Å². The molecule has 0 heterocycles. The predicted octanol–water partition coefficient (Wildman–Crippen LogP) is 4.29. The second-order valence-electron chi connectivity index (χ2n) is 5.90. The Labute approximate surface area is 146 Å². The summed E-state index contributed by atoms with van der Waals surface area (Å²) in [5.41, 5.74) is 0.767. The predicted molar refractivity (Wildman–Crippen MR) is 90.6 cm³/mol. The molecular weight excluding hydrogens is 337 g/mol. The smallest absolute Gasteiger partial charge is 0.309 e. The Morgan fingerprint density at radius 2 is 1.96 bits per heavy atom. The molecule has 1 amide bonds. The van der Waals surface area contributed by atoms with E-state index in [4.69, 9.17) is 27.9 Å². The van der Waals surface area contributed by atoms with E-state index in [0.29, 0.717) is 10.0 Å². The molecule has 2 rings (SSSR count). The highest BCUT2D eigenvalue weighted by molar-refractivity contribution is 6.35. The van der Waals surface area contributed by atoms with E-state index in [0.717, 1.165) is 31.2 Å². The molecule has 4 nitrogen and oxygen atoms in total. The van der Waals surface area contributed by atoms with E-state index < -0.39 is 0 Å². The van der Waals surface area contributed by atoms with Gasteiger partial charge >= 0.3 is 5.97 Å². The van der Waals surface area contributed by atoms with Crippen molar-refractivity contribution in [1.29, 1.82) is 0 Å². The summed E-state index contributed by atoms with van der Waals surface area (Å²) in [5.74, 6) is -0.663. The van der Waals surface area contributed by atoms with Crippen LogP contribution in [0.2, 0.25) is 10.0 Å². The first-order valence-electron chi connectivity index (χ1n) is 7.88. The average molecular weight is 358 g/mol. The van der Waals surface area contributed by atoms with E-state index >= 15 is 0 Å². The van der Waals surface area contributed by atoms with Crippen LogP contribution in [0, 0.1) is 5.92 Å². The second kappa shape index (κ2) is 8.55. The minimum absolute atomic E-state index is 0.0558. The number of amides is 1. The van der Waals surface area contributed by atoms with Crippen LogP contribution in [0.1, 0.15) is 50.6 Å². The first-order valence-corrected chi connectivity index (χ1v) is 8.64. The summed E-state index contributed by atoms with van der Waals surface area (Å²) >= 11 is 12.0. The fraction of sp³-hybridized carbons (Fsp3) is 0.529. The highest BCUT2D eigenvalue weighted by atomic mass is 35.5. The van der Waals surface area contributed by atoms with Gasteiger partial charge in [-0.25, -0.2) is 0 Å². The number of hydrogen-bond acceptors (Lipinski definition) is 3. The number of ether oxygens (including phenoxy) is 1. The second-order valence-corrected chi connectivity index (χ2v) is 6.74. The van der Waals surface area contributed by atoms with Gasteiger partial charge in [-0.15, -0.1) is 0 Å². The molecule has 0 saturated heterocycles. The van der Waals surface area contributed by atoms with Gasteiger partial charge in [-0.1, -0.05) is 48.5 Å². The standard InChI is InChI=1S/C17H21Cl2NO3/c1-11(14-8-7-13(18)9-15(14)19)20-16(21)10-23-17(22)12-5-3-2-4-6-12/h7-9,11-12H,2-6,10H2,1H3,(H,20,21). The van der Waals surface area contributed by atoms with E-state index in [1.807, 2.05) is 6.92 Å². The molecule has 0 radical (unpaired) electrons. The third kappa shape index (κ3) is 5.40. The lowest BCUT2D eigenvalue weighted by atomic mass is 9.89. The van der Waals surface area contributed by atoms with Gasteiger partial charge in [0, 0.05) is 10.0 Å². The molecule has 0 aliphatic heterocycles. The molecule has 1 atom stereocenters. The van der Waals surface area contributed by atoms with E-state index in [2.05, 4.69) is 5.32 Å². The van der Waals surface area contributed by atoms with E-state index in [-0.39, 0.29) is 30.4 Å². The van der Waals surface area contributed by atoms with Gasteiger partial charge in [0.05, 0.1) is 12.0 Å². The third-order valence-corrected chi connectivity index (χ3v) is 4.65. The number of nitrogens with one attached hydrogen (secondary N) is 1. The van der Waals surface area contributed by atoms with Crippen LogP contribution in [-0.4, -0.2) is 18.5 Å². The molecule has 1 aromatic carbocycles. The monoisotopic (exact) mass is 357 g/mol. The van der Waals surface area contributed by atoms with Crippen LogP contribution in [0.25, 0.3) is 0 Å². The number of hydrogen-bond donors (Lipinski definition) is 1. The maximum Gasteiger partial charge on any atom is 0.309 e. The molecule has 6 heteroatoms. The Hall–Kier alpha value is -1.26. The first-order chi connectivity index (χ1) is 11.0. The van der Waals surface area contributed by atoms with Crippen molar-refractivity contribution in [2.24, 2.45) is 5.92 Å². The van der Waals surface area contributed by atoms with Crippen molar-refractivity contribution in [3.05, 3.63) is 33.8 Å². The molecule has 1 saturated carbocycles. The van der Waals surface area contributed by atoms with Crippen LogP contribution in [-0.2, 0) is 14.3 Å². The number of benzene rings is 1. The third-order valence-electron chi connectivity index (χ3n) is 4.09. The van der Waals surface area contributed by atoms with E-state index in [1.165, 1.54) is 6.42 Å². The number of carbonyl (C=O) groups is 2. The lowest BCUT2D eigenvalue weighted by Gasteiger charge is -2.20. The van der Waals surface area contributed by atoms with Gasteiger partial charge in [-0.2, -0.15) is 0 Å². The molecular formula is C17H21Cl2NO3. The summed E-state index contributed by atoms with van der Waals surface area (Å²) < 4.78 is 5.12. The van der Waals surface area contributed by atoms with Crippen molar-refractivity contribution in [2.75, 3.05) is 6.61 Å². The van der Waals surface area contributed by atoms with Crippen molar-refractivity contribution in [2.45, 2.75) is 45.1 Å². The van der Waals surface area contributed by atoms with Gasteiger partial charge in [0.1, 0.15) is 0 Å². The normalized spacial score (nSPS) is 16.7. The van der Waals surface area contributed by atoms with Gasteiger partial charge in [0.2, 0.25) is 0 Å². The zero-order valence-electron chi connectivity index (χ0n) is 13.1. The van der Waals surface area contributed by atoms with Crippen molar-refractivity contribution in [1.82, 2.24) is 5.32 Å². The summed E-state index contributed by atoms with van der Waals surface area (Å²) in [4.78, 5) is 23.8. The van der Waals surface area contributed by atoms with Crippen molar-refractivity contribution in [3.8, 4) is 0 Å². The maximum atomic E-state index is 11.9. The Bertz CT molecular complexity index is 571. The molecule has 1 aliphatic carbocycles. The molecule has 1 fully saturated rings.